The van der Waals surface area contributed by atoms with Gasteiger partial charge in [0.1, 0.15) is 6.61 Å². The van der Waals surface area contributed by atoms with Gasteiger partial charge in [-0.1, -0.05) is 142 Å². The quantitative estimate of drug-likeness (QED) is 0.0843. The van der Waals surface area contributed by atoms with E-state index in [0.29, 0.717) is 45.9 Å². The molecular formula is C54H67BrN4O5Si. The Morgan fingerprint density at radius 2 is 1.43 bits per heavy atom. The van der Waals surface area contributed by atoms with Crippen molar-refractivity contribution in [2.45, 2.75) is 92.2 Å². The molecule has 1 amide bonds. The third-order valence-electron chi connectivity index (χ3n) is 12.7. The van der Waals surface area contributed by atoms with Crippen LogP contribution in [0, 0.1) is 5.41 Å². The molecule has 1 saturated heterocycles. The molecule has 1 atom stereocenters. The molecule has 65 heavy (non-hydrogen) atoms. The lowest BCUT2D eigenvalue weighted by Gasteiger charge is -2.44. The van der Waals surface area contributed by atoms with Crippen molar-refractivity contribution < 1.29 is 23.4 Å². The Balaban J connectivity index is 1.29. The second-order valence-electron chi connectivity index (χ2n) is 19.4. The molecule has 1 aliphatic heterocycles. The van der Waals surface area contributed by atoms with Gasteiger partial charge in [0.25, 0.3) is 8.32 Å². The van der Waals surface area contributed by atoms with Crippen LogP contribution in [0.1, 0.15) is 78.3 Å². The van der Waals surface area contributed by atoms with Crippen LogP contribution in [0.5, 0.6) is 0 Å². The highest BCUT2D eigenvalue weighted by Crippen LogP contribution is 2.44. The standard InChI is InChI=1S/C54H67BrN4O5Si/c1-39(2)62-32-31-59-49-26-25-42(55)33-46(49)48(35-54(7,8)38-64-65(53(4,5)6,44-21-15-11-16-22-44)45-23-17-12-18-24-45)51(59)47-34-43(36-56-50(47)40(3)61-9)57-27-29-58(30-28-57)52(60)63-37-41-19-13-10-14-20-41/h10-26,33-34,36,39-40H,27-32,35,37-38H2,1-9H3/t40-/m0/s1. The molecule has 0 unspecified atom stereocenters. The molecule has 11 heteroatoms. The van der Waals surface area contributed by atoms with Gasteiger partial charge in [-0.2, -0.15) is 0 Å². The number of nitrogens with zero attached hydrogens (tertiary/aromatic N) is 4. The molecule has 344 valence electrons. The molecule has 2 aromatic heterocycles. The van der Waals surface area contributed by atoms with E-state index in [-0.39, 0.29) is 35.4 Å². The summed E-state index contributed by atoms with van der Waals surface area (Å²) in [4.78, 5) is 22.5. The number of ether oxygens (including phenoxy) is 3. The largest absolute Gasteiger partial charge is 0.445 e. The van der Waals surface area contributed by atoms with E-state index >= 15 is 0 Å². The molecule has 0 saturated carbocycles. The smallest absolute Gasteiger partial charge is 0.410 e. The molecule has 9 nitrogen and oxygen atoms in total. The van der Waals surface area contributed by atoms with Gasteiger partial charge in [-0.3, -0.25) is 4.98 Å². The Hall–Kier alpha value is -4.78. The van der Waals surface area contributed by atoms with Crippen LogP contribution in [-0.2, 0) is 38.2 Å². The molecule has 7 rings (SSSR count). The fourth-order valence-electron chi connectivity index (χ4n) is 9.31. The third kappa shape index (κ3) is 10.9. The lowest BCUT2D eigenvalue weighted by atomic mass is 9.84. The van der Waals surface area contributed by atoms with Gasteiger partial charge >= 0.3 is 6.09 Å². The summed E-state index contributed by atoms with van der Waals surface area (Å²) >= 11 is 3.86. The summed E-state index contributed by atoms with van der Waals surface area (Å²) in [5.41, 5.74) is 7.04. The fraction of sp³-hybridized carbons (Fsp3) is 0.407. The van der Waals surface area contributed by atoms with Gasteiger partial charge in [-0.25, -0.2) is 4.79 Å². The number of halogens is 1. The van der Waals surface area contributed by atoms with Crippen molar-refractivity contribution >= 4 is 57.3 Å². The number of fused-ring (bicyclic) bond motifs is 1. The van der Waals surface area contributed by atoms with Crippen LogP contribution in [-0.4, -0.2) is 81.5 Å². The van der Waals surface area contributed by atoms with E-state index in [4.69, 9.17) is 23.6 Å². The van der Waals surface area contributed by atoms with Gasteiger partial charge in [0.15, 0.2) is 0 Å². The molecule has 0 spiro atoms. The van der Waals surface area contributed by atoms with E-state index in [9.17, 15) is 4.79 Å². The number of anilines is 1. The van der Waals surface area contributed by atoms with E-state index in [2.05, 4.69) is 166 Å². The lowest BCUT2D eigenvalue weighted by Crippen LogP contribution is -2.67. The number of rotatable bonds is 17. The molecule has 1 fully saturated rings. The predicted octanol–water partition coefficient (Wildman–Crippen LogP) is 11.2. The van der Waals surface area contributed by atoms with Crippen molar-refractivity contribution in [3.8, 4) is 11.3 Å². The summed E-state index contributed by atoms with van der Waals surface area (Å²) in [5.74, 6) is 0. The number of aromatic nitrogens is 2. The average Bonchev–Trinajstić information content (AvgIpc) is 3.58. The van der Waals surface area contributed by atoms with E-state index in [1.165, 1.54) is 21.3 Å². The maximum atomic E-state index is 13.2. The minimum absolute atomic E-state index is 0.0924. The zero-order valence-electron chi connectivity index (χ0n) is 39.8. The summed E-state index contributed by atoms with van der Waals surface area (Å²) in [6.07, 6.45) is 2.22. The highest BCUT2D eigenvalue weighted by atomic mass is 79.9. The van der Waals surface area contributed by atoms with Gasteiger partial charge in [0.2, 0.25) is 0 Å². The number of methoxy groups -OCH3 is 1. The Morgan fingerprint density at radius 1 is 0.815 bits per heavy atom. The molecule has 6 aromatic rings. The van der Waals surface area contributed by atoms with Crippen LogP contribution >= 0.6 is 15.9 Å². The summed E-state index contributed by atoms with van der Waals surface area (Å²) in [5, 5.41) is 3.57. The monoisotopic (exact) mass is 958 g/mol. The van der Waals surface area contributed by atoms with Crippen molar-refractivity contribution in [2.24, 2.45) is 5.41 Å². The van der Waals surface area contributed by atoms with E-state index < -0.39 is 8.32 Å². The lowest BCUT2D eigenvalue weighted by molar-refractivity contribution is 0.0735. The van der Waals surface area contributed by atoms with Crippen LogP contribution in [0.4, 0.5) is 10.5 Å². The van der Waals surface area contributed by atoms with Crippen molar-refractivity contribution in [3.63, 3.8) is 0 Å². The molecule has 0 aliphatic carbocycles. The first-order valence-corrected chi connectivity index (χ1v) is 25.7. The fourth-order valence-corrected chi connectivity index (χ4v) is 14.4. The minimum atomic E-state index is -2.82. The molecule has 0 radical (unpaired) electrons. The van der Waals surface area contributed by atoms with Gasteiger partial charge in [-0.05, 0) is 83.4 Å². The van der Waals surface area contributed by atoms with E-state index in [1.807, 2.05) is 36.5 Å². The van der Waals surface area contributed by atoms with Crippen LogP contribution in [0.15, 0.2) is 126 Å². The predicted molar refractivity (Wildman–Crippen MR) is 271 cm³/mol. The van der Waals surface area contributed by atoms with Crippen LogP contribution in [0.2, 0.25) is 5.04 Å². The summed E-state index contributed by atoms with van der Waals surface area (Å²) in [7, 11) is -1.08. The number of carbonyl (C=O) groups excluding carboxylic acids is 1. The number of amides is 1. The SMILES string of the molecule is CO[C@@H](C)c1ncc(N2CCN(C(=O)OCc3ccccc3)CC2)cc1-c1c(CC(C)(C)CO[Si](c2ccccc2)(c2ccccc2)C(C)(C)C)c2cc(Br)ccc2n1CCOC(C)C. The normalized spacial score (nSPS) is 14.3. The maximum Gasteiger partial charge on any atom is 0.410 e. The van der Waals surface area contributed by atoms with Crippen LogP contribution in [0.3, 0.4) is 0 Å². The van der Waals surface area contributed by atoms with Crippen molar-refractivity contribution in [3.05, 3.63) is 143 Å². The molecule has 1 aliphatic rings. The highest BCUT2D eigenvalue weighted by Gasteiger charge is 2.51. The topological polar surface area (TPSA) is 78.3 Å². The maximum absolute atomic E-state index is 13.2. The van der Waals surface area contributed by atoms with Gasteiger partial charge in [-0.15, -0.1) is 0 Å². The second kappa shape index (κ2) is 20.8. The highest BCUT2D eigenvalue weighted by molar-refractivity contribution is 9.10. The zero-order chi connectivity index (χ0) is 46.4. The number of benzene rings is 4. The van der Waals surface area contributed by atoms with Crippen molar-refractivity contribution in [2.75, 3.05) is 51.4 Å². The van der Waals surface area contributed by atoms with E-state index in [0.717, 1.165) is 44.6 Å². The number of carbonyl (C=O) groups is 1. The summed E-state index contributed by atoms with van der Waals surface area (Å²) < 4.78 is 29.1. The number of hydrogen-bond donors (Lipinski definition) is 0. The summed E-state index contributed by atoms with van der Waals surface area (Å²) in [6.45, 7) is 22.3. The van der Waals surface area contributed by atoms with Crippen molar-refractivity contribution in [1.82, 2.24) is 14.5 Å². The van der Waals surface area contributed by atoms with Gasteiger partial charge in [0, 0.05) is 67.4 Å². The molecule has 0 N–H and O–H groups in total. The molecule has 3 heterocycles. The first-order valence-electron chi connectivity index (χ1n) is 23.0. The first-order chi connectivity index (χ1) is 31.1. The number of piperazine rings is 1. The Bertz CT molecular complexity index is 2460. The molecular weight excluding hydrogens is 893 g/mol. The Kier molecular flexibility index (Phi) is 15.4. The summed E-state index contributed by atoms with van der Waals surface area (Å²) in [6, 6.07) is 40.5. The van der Waals surface area contributed by atoms with Crippen LogP contribution in [0.25, 0.3) is 22.2 Å². The zero-order valence-corrected chi connectivity index (χ0v) is 42.4. The second-order valence-corrected chi connectivity index (χ2v) is 24.6. The Morgan fingerprint density at radius 3 is 2.02 bits per heavy atom. The van der Waals surface area contributed by atoms with Gasteiger partial charge in [0.05, 0.1) is 42.1 Å². The number of pyridine rings is 1. The van der Waals surface area contributed by atoms with Gasteiger partial charge < -0.3 is 33.0 Å². The van der Waals surface area contributed by atoms with E-state index in [1.54, 1.807) is 12.0 Å². The van der Waals surface area contributed by atoms with Crippen molar-refractivity contribution in [1.29, 1.82) is 0 Å². The Labute approximate surface area is 396 Å². The number of hydrogen-bond acceptors (Lipinski definition) is 7. The molecule has 4 aromatic carbocycles. The first kappa shape index (κ1) is 48.2. The molecule has 0 bridgehead atoms. The third-order valence-corrected chi connectivity index (χ3v) is 18.1. The average molecular weight is 960 g/mol. The minimum Gasteiger partial charge on any atom is -0.445 e. The van der Waals surface area contributed by atoms with Crippen LogP contribution < -0.4 is 15.3 Å².